The third-order valence-electron chi connectivity index (χ3n) is 4.34. The Kier molecular flexibility index (Phi) is 5.66. The number of nitrogens with one attached hydrogen (secondary N) is 4. The Morgan fingerprint density at radius 3 is 1.69 bits per heavy atom. The lowest BCUT2D eigenvalue weighted by atomic mass is 9.85. The van der Waals surface area contributed by atoms with Gasteiger partial charge in [0.2, 0.25) is 0 Å². The summed E-state index contributed by atoms with van der Waals surface area (Å²) in [5.41, 5.74) is 2.53. The first-order chi connectivity index (χ1) is 12.0. The third kappa shape index (κ3) is 3.15. The molecule has 9 heteroatoms. The van der Waals surface area contributed by atoms with Gasteiger partial charge in [-0.3, -0.25) is 19.8 Å². The number of aryl methyl sites for hydroxylation is 2. The zero-order valence-corrected chi connectivity index (χ0v) is 15.7. The molecule has 0 unspecified atom stereocenters. The number of rotatable bonds is 5. The Balaban J connectivity index is 0.00000243. The van der Waals surface area contributed by atoms with Gasteiger partial charge in [-0.2, -0.15) is 0 Å². The molecule has 0 saturated carbocycles. The maximum absolute atomic E-state index is 12.4. The predicted molar refractivity (Wildman–Crippen MR) is 100 cm³/mol. The lowest BCUT2D eigenvalue weighted by molar-refractivity contribution is 0.354. The number of H-pyrrole nitrogens is 4. The quantitative estimate of drug-likeness (QED) is 0.541. The van der Waals surface area contributed by atoms with E-state index in [1.165, 1.54) is 0 Å². The molecule has 3 rings (SSSR count). The van der Waals surface area contributed by atoms with Crippen molar-refractivity contribution in [3.63, 3.8) is 0 Å². The fourth-order valence-electron chi connectivity index (χ4n) is 3.12. The number of benzene rings is 1. The summed E-state index contributed by atoms with van der Waals surface area (Å²) < 4.78 is 10.6. The molecule has 0 atom stereocenters. The number of hydrogen-bond donors (Lipinski definition) is 4. The molecule has 0 amide bonds. The van der Waals surface area contributed by atoms with Crippen molar-refractivity contribution in [3.05, 3.63) is 67.0 Å². The fourth-order valence-corrected chi connectivity index (χ4v) is 3.12. The standard InChI is InChI=1S/C17H20N4O4.ClH/c1-8-13(16(22)20-18-8)15(14-9(2)19-21-17(14)23)10-5-6-11(24-3)12(7-10)25-4;/h5-7,15H,1-4H3,(H2,18,20,22)(H2,19,21,23);1H. The van der Waals surface area contributed by atoms with E-state index in [1.807, 2.05) is 6.07 Å². The molecular formula is C17H21ClN4O4. The van der Waals surface area contributed by atoms with E-state index in [-0.39, 0.29) is 23.5 Å². The van der Waals surface area contributed by atoms with Crippen LogP contribution in [-0.4, -0.2) is 34.6 Å². The fraction of sp³-hybridized carbons (Fsp3) is 0.294. The number of halogens is 1. The molecule has 0 aliphatic heterocycles. The minimum absolute atomic E-state index is 0. The van der Waals surface area contributed by atoms with Crippen LogP contribution < -0.4 is 20.6 Å². The Morgan fingerprint density at radius 1 is 0.808 bits per heavy atom. The second kappa shape index (κ2) is 7.57. The van der Waals surface area contributed by atoms with E-state index < -0.39 is 5.92 Å². The van der Waals surface area contributed by atoms with Gasteiger partial charge in [0.15, 0.2) is 11.5 Å². The zero-order chi connectivity index (χ0) is 18.1. The van der Waals surface area contributed by atoms with Gasteiger partial charge in [-0.25, -0.2) is 0 Å². The number of aromatic amines is 4. The van der Waals surface area contributed by atoms with Crippen LogP contribution in [0.25, 0.3) is 0 Å². The van der Waals surface area contributed by atoms with Crippen molar-refractivity contribution in [2.45, 2.75) is 19.8 Å². The van der Waals surface area contributed by atoms with E-state index in [4.69, 9.17) is 9.47 Å². The summed E-state index contributed by atoms with van der Waals surface area (Å²) in [6.07, 6.45) is 0. The highest BCUT2D eigenvalue weighted by molar-refractivity contribution is 5.85. The maximum Gasteiger partial charge on any atom is 0.268 e. The molecular weight excluding hydrogens is 360 g/mol. The molecule has 3 aromatic rings. The average Bonchev–Trinajstić information content (AvgIpc) is 3.12. The molecule has 0 saturated heterocycles. The zero-order valence-electron chi connectivity index (χ0n) is 14.9. The number of methoxy groups -OCH3 is 2. The molecule has 0 radical (unpaired) electrons. The lowest BCUT2D eigenvalue weighted by Gasteiger charge is -2.18. The average molecular weight is 381 g/mol. The number of ether oxygens (including phenoxy) is 2. The van der Waals surface area contributed by atoms with Gasteiger partial charge in [-0.15, -0.1) is 12.4 Å². The van der Waals surface area contributed by atoms with E-state index in [2.05, 4.69) is 20.4 Å². The van der Waals surface area contributed by atoms with Crippen LogP contribution in [0.4, 0.5) is 0 Å². The van der Waals surface area contributed by atoms with Crippen molar-refractivity contribution < 1.29 is 9.47 Å². The van der Waals surface area contributed by atoms with Gasteiger partial charge in [-0.1, -0.05) is 6.07 Å². The Morgan fingerprint density at radius 2 is 1.31 bits per heavy atom. The van der Waals surface area contributed by atoms with Crippen molar-refractivity contribution in [3.8, 4) is 11.5 Å². The molecule has 0 aliphatic rings. The Bertz CT molecular complexity index is 960. The van der Waals surface area contributed by atoms with E-state index in [0.717, 1.165) is 5.56 Å². The first kappa shape index (κ1) is 19.5. The summed E-state index contributed by atoms with van der Waals surface area (Å²) in [7, 11) is 3.09. The van der Waals surface area contributed by atoms with Gasteiger partial charge in [-0.05, 0) is 31.5 Å². The van der Waals surface area contributed by atoms with Crippen LogP contribution >= 0.6 is 12.4 Å². The topological polar surface area (TPSA) is 116 Å². The van der Waals surface area contributed by atoms with Gasteiger partial charge in [0.05, 0.1) is 25.3 Å². The van der Waals surface area contributed by atoms with Crippen molar-refractivity contribution in [2.75, 3.05) is 14.2 Å². The summed E-state index contributed by atoms with van der Waals surface area (Å²) in [6, 6.07) is 5.36. The van der Waals surface area contributed by atoms with Crippen LogP contribution in [0, 0.1) is 13.8 Å². The van der Waals surface area contributed by atoms with E-state index in [0.29, 0.717) is 34.0 Å². The monoisotopic (exact) mass is 380 g/mol. The number of hydrogen-bond acceptors (Lipinski definition) is 4. The van der Waals surface area contributed by atoms with Gasteiger partial charge in [0.1, 0.15) is 0 Å². The van der Waals surface area contributed by atoms with Crippen LogP contribution in [0.3, 0.4) is 0 Å². The van der Waals surface area contributed by atoms with Gasteiger partial charge in [0, 0.05) is 17.3 Å². The molecule has 2 aromatic heterocycles. The van der Waals surface area contributed by atoms with Crippen molar-refractivity contribution in [2.24, 2.45) is 0 Å². The Hall–Kier alpha value is -2.87. The van der Waals surface area contributed by atoms with Crippen LogP contribution in [0.2, 0.25) is 0 Å². The minimum atomic E-state index is -0.551. The van der Waals surface area contributed by atoms with Crippen molar-refractivity contribution in [1.29, 1.82) is 0 Å². The second-order valence-corrected chi connectivity index (χ2v) is 5.78. The van der Waals surface area contributed by atoms with Gasteiger partial charge >= 0.3 is 0 Å². The van der Waals surface area contributed by atoms with Crippen LogP contribution in [-0.2, 0) is 0 Å². The molecule has 0 bridgehead atoms. The largest absolute Gasteiger partial charge is 0.493 e. The van der Waals surface area contributed by atoms with Gasteiger partial charge in [0.25, 0.3) is 11.1 Å². The highest BCUT2D eigenvalue weighted by Crippen LogP contribution is 2.36. The maximum atomic E-state index is 12.4. The normalized spacial score (nSPS) is 10.7. The molecule has 2 heterocycles. The second-order valence-electron chi connectivity index (χ2n) is 5.78. The molecule has 1 aromatic carbocycles. The third-order valence-corrected chi connectivity index (χ3v) is 4.34. The molecule has 140 valence electrons. The summed E-state index contributed by atoms with van der Waals surface area (Å²) in [5, 5.41) is 10.8. The first-order valence-corrected chi connectivity index (χ1v) is 7.74. The first-order valence-electron chi connectivity index (χ1n) is 7.74. The SMILES string of the molecule is COc1ccc(C(c2c(C)[nH][nH]c2=O)c2c(C)[nH][nH]c2=O)cc1OC.Cl. The molecule has 0 aliphatic carbocycles. The summed E-state index contributed by atoms with van der Waals surface area (Å²) in [5.74, 6) is 0.549. The molecule has 0 fully saturated rings. The van der Waals surface area contributed by atoms with E-state index in [9.17, 15) is 9.59 Å². The highest BCUT2D eigenvalue weighted by atomic mass is 35.5. The minimum Gasteiger partial charge on any atom is -0.493 e. The van der Waals surface area contributed by atoms with Crippen LogP contribution in [0.1, 0.15) is 34.0 Å². The molecule has 26 heavy (non-hydrogen) atoms. The lowest BCUT2D eigenvalue weighted by Crippen LogP contribution is -2.20. The predicted octanol–water partition coefficient (Wildman–Crippen LogP) is 1.96. The van der Waals surface area contributed by atoms with E-state index in [1.54, 1.807) is 40.2 Å². The van der Waals surface area contributed by atoms with Crippen LogP contribution in [0.5, 0.6) is 11.5 Å². The Labute approximate surface area is 155 Å². The van der Waals surface area contributed by atoms with Crippen molar-refractivity contribution >= 4 is 12.4 Å². The summed E-state index contributed by atoms with van der Waals surface area (Å²) >= 11 is 0. The molecule has 8 nitrogen and oxygen atoms in total. The summed E-state index contributed by atoms with van der Waals surface area (Å²) in [6.45, 7) is 3.58. The smallest absolute Gasteiger partial charge is 0.268 e. The molecule has 4 N–H and O–H groups in total. The highest BCUT2D eigenvalue weighted by Gasteiger charge is 2.28. The number of aromatic nitrogens is 4. The van der Waals surface area contributed by atoms with E-state index >= 15 is 0 Å². The van der Waals surface area contributed by atoms with Gasteiger partial charge < -0.3 is 19.7 Å². The van der Waals surface area contributed by atoms with Crippen LogP contribution in [0.15, 0.2) is 27.8 Å². The summed E-state index contributed by atoms with van der Waals surface area (Å²) in [4.78, 5) is 24.8. The molecule has 0 spiro atoms. The van der Waals surface area contributed by atoms with Crippen molar-refractivity contribution in [1.82, 2.24) is 20.4 Å².